The molecule has 1 aliphatic carbocycles. The maximum atomic E-state index is 14.4. The van der Waals surface area contributed by atoms with Crippen molar-refractivity contribution in [3.8, 4) is 5.69 Å². The Morgan fingerprint density at radius 1 is 0.951 bits per heavy atom. The summed E-state index contributed by atoms with van der Waals surface area (Å²) in [7, 11) is 0. The minimum atomic E-state index is -1.50. The molecule has 0 radical (unpaired) electrons. The molecule has 0 amide bonds. The van der Waals surface area contributed by atoms with Gasteiger partial charge in [-0.25, -0.2) is 27.9 Å². The quantitative estimate of drug-likeness (QED) is 0.185. The van der Waals surface area contributed by atoms with Crippen LogP contribution >= 0.6 is 27.5 Å². The molecule has 3 heterocycles. The monoisotopic (exact) mass is 635 g/mol. The Morgan fingerprint density at radius 2 is 1.68 bits per heavy atom. The van der Waals surface area contributed by atoms with Crippen LogP contribution in [0.2, 0.25) is 5.02 Å². The van der Waals surface area contributed by atoms with Crippen molar-refractivity contribution >= 4 is 39.5 Å². The molecule has 0 N–H and O–H groups in total. The fourth-order valence-electron chi connectivity index (χ4n) is 6.80. The van der Waals surface area contributed by atoms with E-state index in [0.717, 1.165) is 4.57 Å². The summed E-state index contributed by atoms with van der Waals surface area (Å²) in [4.78, 5) is 54.6. The zero-order valence-corrected chi connectivity index (χ0v) is 23.5. The molecule has 11 heteroatoms. The highest BCUT2D eigenvalue weighted by molar-refractivity contribution is 9.10. The van der Waals surface area contributed by atoms with Crippen molar-refractivity contribution in [2.24, 2.45) is 5.92 Å². The third kappa shape index (κ3) is 3.56. The van der Waals surface area contributed by atoms with Crippen LogP contribution < -0.4 is 11.4 Å². The molecule has 4 aromatic rings. The predicted molar refractivity (Wildman–Crippen MR) is 151 cm³/mol. The molecule has 3 aliphatic rings. The molecule has 2 aliphatic heterocycles. The number of ether oxygens (including phenoxy) is 1. The van der Waals surface area contributed by atoms with Gasteiger partial charge in [-0.15, -0.1) is 0 Å². The Bertz CT molecular complexity index is 1910. The second kappa shape index (κ2) is 9.25. The van der Waals surface area contributed by atoms with Crippen LogP contribution in [0.5, 0.6) is 0 Å². The van der Waals surface area contributed by atoms with Gasteiger partial charge in [-0.1, -0.05) is 54.1 Å². The van der Waals surface area contributed by atoms with Gasteiger partial charge in [0.1, 0.15) is 11.2 Å². The molecule has 1 aromatic heterocycles. The van der Waals surface area contributed by atoms with E-state index < -0.39 is 52.4 Å². The fourth-order valence-corrected chi connectivity index (χ4v) is 7.32. The third-order valence-corrected chi connectivity index (χ3v) is 9.33. The Labute approximate surface area is 245 Å². The minimum absolute atomic E-state index is 0.0377. The Morgan fingerprint density at radius 3 is 2.39 bits per heavy atom. The third-order valence-electron chi connectivity index (χ3n) is 8.47. The number of allylic oxidation sites excluding steroid dienone is 2. The second-order valence-corrected chi connectivity index (χ2v) is 11.7. The maximum Gasteiger partial charge on any atom is 0.352 e. The fraction of sp³-hybridized carbons (Fsp3) is 0.200. The molecular weight excluding hydrogens is 617 g/mol. The number of aromatic nitrogens is 3. The summed E-state index contributed by atoms with van der Waals surface area (Å²) in [6.45, 7) is 0.0585. The molecule has 206 valence electrons. The molecule has 3 aromatic carbocycles. The van der Waals surface area contributed by atoms with Gasteiger partial charge in [-0.2, -0.15) is 0 Å². The lowest BCUT2D eigenvalue weighted by molar-refractivity contribution is -0.154. The highest BCUT2D eigenvalue weighted by atomic mass is 79.9. The van der Waals surface area contributed by atoms with Gasteiger partial charge in [0, 0.05) is 10.9 Å². The van der Waals surface area contributed by atoms with E-state index in [9.17, 15) is 23.6 Å². The van der Waals surface area contributed by atoms with E-state index in [1.54, 1.807) is 66.7 Å². The molecule has 0 bridgehead atoms. The SMILES string of the molecule is O=C1OC(=O)[C@@]2(c3ccc(Cl)cc3)[C@@H](c3ccc(F)c(Br)c3)C3=CCn4c(=O)n(-c5ccccc5)c(=O)n4C3C[C@@H]12. The molecular formula is C30H20BrClFN3O5. The topological polar surface area (TPSA) is 92.3 Å². The van der Waals surface area contributed by atoms with E-state index >= 15 is 0 Å². The number of hydrogen-bond acceptors (Lipinski definition) is 5. The summed E-state index contributed by atoms with van der Waals surface area (Å²) < 4.78 is 23.8. The summed E-state index contributed by atoms with van der Waals surface area (Å²) in [5.74, 6) is -3.76. The molecule has 4 atom stereocenters. The maximum absolute atomic E-state index is 14.4. The van der Waals surface area contributed by atoms with E-state index in [1.165, 1.54) is 15.4 Å². The van der Waals surface area contributed by atoms with E-state index in [2.05, 4.69) is 15.9 Å². The Hall–Kier alpha value is -4.02. The van der Waals surface area contributed by atoms with Crippen molar-refractivity contribution < 1.29 is 18.7 Å². The molecule has 0 spiro atoms. The van der Waals surface area contributed by atoms with Crippen molar-refractivity contribution in [1.82, 2.24) is 13.9 Å². The normalized spacial score (nSPS) is 24.8. The number of fused-ring (bicyclic) bond motifs is 4. The van der Waals surface area contributed by atoms with Crippen LogP contribution in [-0.2, 0) is 26.3 Å². The number of nitrogens with zero attached hydrogens (tertiary/aromatic N) is 3. The van der Waals surface area contributed by atoms with Crippen LogP contribution in [0.3, 0.4) is 0 Å². The van der Waals surface area contributed by atoms with E-state index in [4.69, 9.17) is 16.3 Å². The van der Waals surface area contributed by atoms with Crippen molar-refractivity contribution in [2.45, 2.75) is 30.3 Å². The van der Waals surface area contributed by atoms with Gasteiger partial charge < -0.3 is 4.74 Å². The summed E-state index contributed by atoms with van der Waals surface area (Å²) in [5, 5.41) is 0.448. The number of para-hydroxylation sites is 1. The van der Waals surface area contributed by atoms with Gasteiger partial charge in [0.05, 0.1) is 28.7 Å². The van der Waals surface area contributed by atoms with E-state index in [1.807, 2.05) is 6.08 Å². The number of benzene rings is 3. The molecule has 1 unspecified atom stereocenters. The number of rotatable bonds is 3. The Kier molecular flexibility index (Phi) is 5.85. The summed E-state index contributed by atoms with van der Waals surface area (Å²) >= 11 is 9.45. The number of carbonyl (C=O) groups is 2. The first-order chi connectivity index (χ1) is 19.7. The molecule has 41 heavy (non-hydrogen) atoms. The summed E-state index contributed by atoms with van der Waals surface area (Å²) in [6, 6.07) is 18.9. The first kappa shape index (κ1) is 25.9. The highest BCUT2D eigenvalue weighted by Gasteiger charge is 2.67. The number of esters is 2. The lowest BCUT2D eigenvalue weighted by Gasteiger charge is -2.48. The Balaban J connectivity index is 1.50. The van der Waals surface area contributed by atoms with E-state index in [0.29, 0.717) is 27.4 Å². The molecule has 2 fully saturated rings. The van der Waals surface area contributed by atoms with Crippen LogP contribution in [0, 0.1) is 11.7 Å². The smallest absolute Gasteiger partial charge is 0.352 e. The average Bonchev–Trinajstić information content (AvgIpc) is 3.38. The molecule has 1 saturated carbocycles. The van der Waals surface area contributed by atoms with Crippen molar-refractivity contribution in [1.29, 1.82) is 0 Å². The van der Waals surface area contributed by atoms with Crippen LogP contribution in [0.15, 0.2) is 98.5 Å². The van der Waals surface area contributed by atoms with Crippen LogP contribution in [0.4, 0.5) is 4.39 Å². The van der Waals surface area contributed by atoms with Crippen LogP contribution in [0.1, 0.15) is 29.5 Å². The van der Waals surface area contributed by atoms with Gasteiger partial charge in [0.25, 0.3) is 0 Å². The number of halogens is 3. The molecule has 8 nitrogen and oxygen atoms in total. The largest absolute Gasteiger partial charge is 0.392 e. The zero-order chi connectivity index (χ0) is 28.6. The first-order valence-corrected chi connectivity index (χ1v) is 14.1. The highest BCUT2D eigenvalue weighted by Crippen LogP contribution is 2.61. The molecule has 7 rings (SSSR count). The van der Waals surface area contributed by atoms with Crippen LogP contribution in [-0.4, -0.2) is 25.9 Å². The number of cyclic esters (lactones) is 2. The number of carbonyl (C=O) groups excluding carboxylic acids is 2. The van der Waals surface area contributed by atoms with Gasteiger partial charge in [-0.3, -0.25) is 9.59 Å². The molecule has 1 saturated heterocycles. The summed E-state index contributed by atoms with van der Waals surface area (Å²) in [5.41, 5.74) is -0.440. The average molecular weight is 637 g/mol. The van der Waals surface area contributed by atoms with Crippen molar-refractivity contribution in [3.63, 3.8) is 0 Å². The lowest BCUT2D eigenvalue weighted by atomic mass is 9.53. The minimum Gasteiger partial charge on any atom is -0.392 e. The van der Waals surface area contributed by atoms with Crippen LogP contribution in [0.25, 0.3) is 5.69 Å². The van der Waals surface area contributed by atoms with Gasteiger partial charge >= 0.3 is 23.3 Å². The van der Waals surface area contributed by atoms with Crippen molar-refractivity contribution in [3.05, 3.63) is 132 Å². The second-order valence-electron chi connectivity index (χ2n) is 10.4. The predicted octanol–water partition coefficient (Wildman–Crippen LogP) is 4.66. The van der Waals surface area contributed by atoms with Crippen molar-refractivity contribution in [2.75, 3.05) is 0 Å². The summed E-state index contributed by atoms with van der Waals surface area (Å²) in [6.07, 6.45) is 1.86. The van der Waals surface area contributed by atoms with Gasteiger partial charge in [0.2, 0.25) is 0 Å². The van der Waals surface area contributed by atoms with Gasteiger partial charge in [0.15, 0.2) is 0 Å². The zero-order valence-electron chi connectivity index (χ0n) is 21.2. The van der Waals surface area contributed by atoms with Gasteiger partial charge in [-0.05, 0) is 75.4 Å². The lowest BCUT2D eigenvalue weighted by Crippen LogP contribution is -2.52. The first-order valence-electron chi connectivity index (χ1n) is 12.9. The van der Waals surface area contributed by atoms with E-state index in [-0.39, 0.29) is 17.4 Å². The number of hydrogen-bond donors (Lipinski definition) is 0. The standard InChI is InChI=1S/C30H20BrClFN3O5/c31-22-14-16(6-11-23(22)33)25-20-12-13-34-28(39)35(19-4-2-1-3-5-19)29(40)36(34)24(20)15-21-26(37)41-27(38)30(21,25)17-7-9-18(32)10-8-17/h1-12,14,21,24-25H,13,15H2/t21-,24?,25-,30+/m0/s1.